The van der Waals surface area contributed by atoms with E-state index in [0.717, 1.165) is 72.3 Å². The number of benzene rings is 8. The summed E-state index contributed by atoms with van der Waals surface area (Å²) >= 11 is 3.36. The van der Waals surface area contributed by atoms with Gasteiger partial charge in [0.05, 0.1) is 83.6 Å². The van der Waals surface area contributed by atoms with Gasteiger partial charge in [-0.3, -0.25) is 53.9 Å². The van der Waals surface area contributed by atoms with E-state index in [1.54, 1.807) is 47.4 Å². The lowest BCUT2D eigenvalue weighted by atomic mass is 10.2. The molecule has 8 aromatic carbocycles. The van der Waals surface area contributed by atoms with E-state index in [1.165, 1.54) is 35.4 Å². The van der Waals surface area contributed by atoms with Gasteiger partial charge in [-0.25, -0.2) is 0 Å². The number of nitrogens with zero attached hydrogens (tertiary/aromatic N) is 10. The molecule has 0 aliphatic rings. The number of rotatable bonds is 10. The molecule has 12 aromatic rings. The number of aromatic nitrogens is 8. The molecule has 18 nitrogen and oxygen atoms in total. The smallest absolute Gasteiger partial charge is 0.270 e. The fraction of sp³-hybridized carbons (Fsp3) is 0.0877. The first-order valence-corrected chi connectivity index (χ1v) is 24.6. The van der Waals surface area contributed by atoms with Crippen LogP contribution in [0, 0.1) is 30.3 Å². The van der Waals surface area contributed by atoms with E-state index in [2.05, 4.69) is 65.7 Å². The van der Waals surface area contributed by atoms with Crippen molar-refractivity contribution in [3.63, 3.8) is 0 Å². The van der Waals surface area contributed by atoms with Crippen molar-refractivity contribution in [1.29, 1.82) is 0 Å². The fourth-order valence-electron chi connectivity index (χ4n) is 7.70. The molecule has 3 N–H and O–H groups in total. The molecule has 0 bridgehead atoms. The number of hydrogen-bond donors (Lipinski definition) is 2. The highest BCUT2D eigenvalue weighted by atomic mass is 79.9. The van der Waals surface area contributed by atoms with E-state index in [0.29, 0.717) is 13.1 Å². The average molecular weight is 1100 g/mol. The fourth-order valence-corrected chi connectivity index (χ4v) is 8.07. The van der Waals surface area contributed by atoms with E-state index in [1.807, 2.05) is 137 Å². The normalized spacial score (nSPS) is 10.5. The van der Waals surface area contributed by atoms with E-state index in [9.17, 15) is 34.7 Å². The predicted molar refractivity (Wildman–Crippen MR) is 305 cm³/mol. The first-order valence-electron chi connectivity index (χ1n) is 24.2. The lowest BCUT2D eigenvalue weighted by Gasteiger charge is -2.03. The number of nitrogen functional groups attached to an aromatic ring is 1. The maximum atomic E-state index is 10.7. The minimum absolute atomic E-state index is 0. The molecule has 390 valence electrons. The largest absolute Gasteiger partial charge is 0.399 e. The highest BCUT2D eigenvalue weighted by Crippen LogP contribution is 2.23. The third-order valence-corrected chi connectivity index (χ3v) is 12.1. The molecule has 0 spiro atoms. The van der Waals surface area contributed by atoms with Crippen LogP contribution < -0.4 is 5.73 Å². The molecule has 0 aliphatic carbocycles. The quantitative estimate of drug-likeness (QED) is 0.0565. The van der Waals surface area contributed by atoms with Gasteiger partial charge in [0.2, 0.25) is 0 Å². The number of nitrogens with one attached hydrogen (secondary N) is 1. The van der Waals surface area contributed by atoms with Gasteiger partial charge in [-0.05, 0) is 58.7 Å². The van der Waals surface area contributed by atoms with Crippen molar-refractivity contribution in [2.24, 2.45) is 0 Å². The summed E-state index contributed by atoms with van der Waals surface area (Å²) in [6.45, 7) is 2.10. The summed E-state index contributed by atoms with van der Waals surface area (Å²) in [7, 11) is -1.00. The van der Waals surface area contributed by atoms with Gasteiger partial charge in [0, 0.05) is 76.6 Å². The van der Waals surface area contributed by atoms with Gasteiger partial charge in [-0.15, -0.1) is 0 Å². The minimum atomic E-state index is -1.00. The van der Waals surface area contributed by atoms with Gasteiger partial charge in [0.1, 0.15) is 0 Å². The summed E-state index contributed by atoms with van der Waals surface area (Å²) in [5.74, 6) is 0. The summed E-state index contributed by atoms with van der Waals surface area (Å²) in [5.41, 5.74) is 15.2. The number of anilines is 1. The van der Waals surface area contributed by atoms with Crippen LogP contribution >= 0.6 is 15.9 Å². The number of nitrogens with two attached hydrogens (primary N) is 1. The van der Waals surface area contributed by atoms with Crippen molar-refractivity contribution in [2.45, 2.75) is 25.0 Å². The topological polar surface area (TPSA) is 238 Å². The SMILES string of the molecule is BrCc1ccccc1.Nc1ccc2c(cnn2Cc2ccccc2)c1.O=[N+]([O-])c1ccc2[nH]ncc2c1.O=[N+]([O-])c1ccc2c(cnn2Cc2ccccc2)c1.O=[N+]([O-])c1ccc2nn(Cc3ccccc3)cc2c1.[2H]CF.[HH]. The van der Waals surface area contributed by atoms with Crippen LogP contribution in [0.4, 0.5) is 27.1 Å². The number of nitro benzene ring substituents is 3. The maximum Gasteiger partial charge on any atom is 0.270 e. The molecule has 0 aliphatic heterocycles. The molecule has 0 fully saturated rings. The summed E-state index contributed by atoms with van der Waals surface area (Å²) in [5, 5.41) is 55.7. The first kappa shape index (κ1) is 53.3. The van der Waals surface area contributed by atoms with Gasteiger partial charge in [0.15, 0.2) is 0 Å². The molecule has 0 radical (unpaired) electrons. The number of hydrogen-bond acceptors (Lipinski definition) is 11. The van der Waals surface area contributed by atoms with Gasteiger partial charge >= 0.3 is 0 Å². The van der Waals surface area contributed by atoms with E-state index in [-0.39, 0.29) is 18.5 Å². The standard InChI is InChI=1S/2C14H11N3O2.C14H13N3.C7H7Br.C7H5N3O2.CH3F.H2/c18-17(19)13-6-7-14-12(8-13)9-15-16(14)10-11-4-2-1-3-5-11;18-17(19)13-6-7-14-12(8-13)10-16(15-14)9-11-4-2-1-3-5-11;15-13-6-7-14-12(8-13)9-16-17(14)10-11-4-2-1-3-5-11;8-6-7-4-2-1-3-5-7;11-10(12)6-1-2-7-5(3-6)4-8-9-7;1-2;/h1-9H,10H2;1-8,10H,9H2;1-9H,10,15H2;1-5H,6H2;1-4H,(H,8,9);1H3;1H/i;;;;;1D;. The Kier molecular flexibility index (Phi) is 19.0. The Hall–Kier alpha value is -9.95. The van der Waals surface area contributed by atoms with Crippen LogP contribution in [0.5, 0.6) is 0 Å². The van der Waals surface area contributed by atoms with Crippen molar-refractivity contribution in [3.8, 4) is 0 Å². The Bertz CT molecular complexity index is 3830. The summed E-state index contributed by atoms with van der Waals surface area (Å²) < 4.78 is 21.1. The molecule has 77 heavy (non-hydrogen) atoms. The van der Waals surface area contributed by atoms with Crippen LogP contribution in [0.1, 0.15) is 25.1 Å². The van der Waals surface area contributed by atoms with Gasteiger partial charge in [-0.1, -0.05) is 137 Å². The number of aromatic amines is 1. The summed E-state index contributed by atoms with van der Waals surface area (Å²) in [6.07, 6.45) is 6.90. The van der Waals surface area contributed by atoms with Crippen LogP contribution in [0.3, 0.4) is 0 Å². The van der Waals surface area contributed by atoms with Crippen LogP contribution in [-0.2, 0) is 25.0 Å². The molecule has 12 rings (SSSR count). The second kappa shape index (κ2) is 27.4. The Labute approximate surface area is 451 Å². The number of alkyl halides is 2. The molecule has 20 heteroatoms. The molecule has 4 aromatic heterocycles. The van der Waals surface area contributed by atoms with Crippen molar-refractivity contribution in [2.75, 3.05) is 12.9 Å². The van der Waals surface area contributed by atoms with Gasteiger partial charge in [0.25, 0.3) is 17.1 Å². The highest BCUT2D eigenvalue weighted by molar-refractivity contribution is 9.08. The van der Waals surface area contributed by atoms with Crippen LogP contribution in [-0.4, -0.2) is 61.5 Å². The number of nitro groups is 3. The Morgan fingerprint density at radius 2 is 0.987 bits per heavy atom. The van der Waals surface area contributed by atoms with Crippen LogP contribution in [0.15, 0.2) is 219 Å². The Morgan fingerprint density at radius 3 is 1.48 bits per heavy atom. The van der Waals surface area contributed by atoms with Crippen LogP contribution in [0.2, 0.25) is 0 Å². The van der Waals surface area contributed by atoms with Crippen molar-refractivity contribution in [3.05, 3.63) is 272 Å². The van der Waals surface area contributed by atoms with Crippen molar-refractivity contribution in [1.82, 2.24) is 39.5 Å². The molecule has 0 unspecified atom stereocenters. The molecule has 0 amide bonds. The predicted octanol–water partition coefficient (Wildman–Crippen LogP) is 13.5. The number of non-ortho nitro benzene ring substituents is 3. The van der Waals surface area contributed by atoms with E-state index < -0.39 is 21.9 Å². The number of fused-ring (bicyclic) bond motifs is 4. The molecule has 0 atom stereocenters. The molecule has 0 saturated heterocycles. The van der Waals surface area contributed by atoms with E-state index >= 15 is 0 Å². The second-order valence-electron chi connectivity index (χ2n) is 16.7. The lowest BCUT2D eigenvalue weighted by molar-refractivity contribution is -0.384. The van der Waals surface area contributed by atoms with E-state index in [4.69, 9.17) is 7.10 Å². The summed E-state index contributed by atoms with van der Waals surface area (Å²) in [6, 6.07) is 60.4. The van der Waals surface area contributed by atoms with Crippen molar-refractivity contribution >= 4 is 82.3 Å². The number of halogens is 2. The minimum Gasteiger partial charge on any atom is -0.399 e. The van der Waals surface area contributed by atoms with Crippen molar-refractivity contribution < 1.29 is 22.0 Å². The van der Waals surface area contributed by atoms with Gasteiger partial charge in [-0.2, -0.15) is 20.4 Å². The maximum absolute atomic E-state index is 10.7. The average Bonchev–Trinajstić information content (AvgIpc) is 4.31. The zero-order valence-corrected chi connectivity index (χ0v) is 42.7. The molecule has 4 heterocycles. The third-order valence-electron chi connectivity index (χ3n) is 11.4. The van der Waals surface area contributed by atoms with Gasteiger partial charge < -0.3 is 5.73 Å². The molecule has 0 saturated carbocycles. The zero-order valence-electron chi connectivity index (χ0n) is 42.1. The highest BCUT2D eigenvalue weighted by Gasteiger charge is 2.11. The number of H-pyrrole nitrogens is 1. The second-order valence-corrected chi connectivity index (χ2v) is 17.3. The zero-order chi connectivity index (χ0) is 55.2. The Morgan fingerprint density at radius 1 is 0.558 bits per heavy atom. The molecular formula is C57H52BrFN12O6. The first-order chi connectivity index (χ1) is 37.9. The monoisotopic (exact) mass is 1100 g/mol. The third kappa shape index (κ3) is 15.5. The summed E-state index contributed by atoms with van der Waals surface area (Å²) in [4.78, 5) is 30.6. The Balaban J connectivity index is 0.000000161. The lowest BCUT2D eigenvalue weighted by Crippen LogP contribution is -2.00. The van der Waals surface area contributed by atoms with Crippen LogP contribution in [0.25, 0.3) is 43.6 Å². The molecular weight excluding hydrogens is 1050 g/mol.